The van der Waals surface area contributed by atoms with Crippen molar-refractivity contribution in [3.05, 3.63) is 53.2 Å². The Morgan fingerprint density at radius 3 is 2.73 bits per heavy atom. The van der Waals surface area contributed by atoms with Gasteiger partial charge in [0.25, 0.3) is 0 Å². The lowest BCUT2D eigenvalue weighted by atomic mass is 9.93. The van der Waals surface area contributed by atoms with E-state index in [1.807, 2.05) is 0 Å². The summed E-state index contributed by atoms with van der Waals surface area (Å²) in [7, 11) is 4.73. The molecule has 0 aliphatic carbocycles. The predicted molar refractivity (Wildman–Crippen MR) is 79.2 cm³/mol. The number of carbonyl (C=O) groups excluding carboxylic acids is 2. The molecule has 0 fully saturated rings. The molecule has 1 heterocycles. The Morgan fingerprint density at radius 2 is 2.09 bits per heavy atom. The predicted octanol–water partition coefficient (Wildman–Crippen LogP) is 1.95. The Morgan fingerprint density at radius 1 is 1.36 bits per heavy atom. The van der Waals surface area contributed by atoms with Crippen LogP contribution >= 0.6 is 0 Å². The van der Waals surface area contributed by atoms with Gasteiger partial charge in [0.15, 0.2) is 12.2 Å². The van der Waals surface area contributed by atoms with Gasteiger partial charge in [0.05, 0.1) is 5.69 Å². The number of rotatable bonds is 3. The largest absolute Gasteiger partial charge is 0.534 e. The second-order valence-electron chi connectivity index (χ2n) is 4.58. The fraction of sp³-hybridized carbons (Fsp3) is 0.188. The third-order valence-corrected chi connectivity index (χ3v) is 3.12. The van der Waals surface area contributed by atoms with E-state index in [-0.39, 0.29) is 17.5 Å². The van der Waals surface area contributed by atoms with Crippen molar-refractivity contribution in [2.75, 3.05) is 0 Å². The molecule has 1 unspecified atom stereocenters. The summed E-state index contributed by atoms with van der Waals surface area (Å²) in [5, 5.41) is 0. The van der Waals surface area contributed by atoms with E-state index in [9.17, 15) is 9.59 Å². The van der Waals surface area contributed by atoms with E-state index in [4.69, 9.17) is 12.5 Å². The number of aryl methyl sites for hydroxylation is 1. The molecule has 0 saturated heterocycles. The minimum absolute atomic E-state index is 0.189. The average Bonchev–Trinajstić information content (AvgIpc) is 2.97. The number of nitrogens with zero attached hydrogens (tertiary/aromatic N) is 1. The molecule has 1 aromatic heterocycles. The van der Waals surface area contributed by atoms with E-state index in [0.717, 1.165) is 0 Å². The van der Waals surface area contributed by atoms with E-state index in [0.29, 0.717) is 16.8 Å². The van der Waals surface area contributed by atoms with Gasteiger partial charge in [0.1, 0.15) is 0 Å². The zero-order valence-electron chi connectivity index (χ0n) is 12.1. The summed E-state index contributed by atoms with van der Waals surface area (Å²) in [5.74, 6) is 3.68. The van der Waals surface area contributed by atoms with Crippen molar-refractivity contribution in [2.24, 2.45) is 0 Å². The first-order chi connectivity index (χ1) is 10.5. The molecule has 0 aliphatic rings. The smallest absolute Gasteiger partial charge is 0.379 e. The third-order valence-electron chi connectivity index (χ3n) is 3.12. The van der Waals surface area contributed by atoms with Crippen LogP contribution in [0.5, 0.6) is 0 Å². The Bertz CT molecular complexity index is 770. The van der Waals surface area contributed by atoms with Crippen LogP contribution in [0.1, 0.15) is 40.2 Å². The van der Waals surface area contributed by atoms with Gasteiger partial charge in [0, 0.05) is 17.4 Å². The van der Waals surface area contributed by atoms with Crippen molar-refractivity contribution in [1.82, 2.24) is 4.98 Å². The van der Waals surface area contributed by atoms with Crippen LogP contribution < -0.4 is 0 Å². The summed E-state index contributed by atoms with van der Waals surface area (Å²) in [6.45, 7) is 3.47. The first-order valence-corrected chi connectivity index (χ1v) is 6.50. The lowest BCUT2D eigenvalue weighted by Gasteiger charge is -2.10. The Labute approximate surface area is 129 Å². The molecule has 108 valence electrons. The molecule has 22 heavy (non-hydrogen) atoms. The van der Waals surface area contributed by atoms with Crippen LogP contribution in [0.2, 0.25) is 0 Å². The van der Waals surface area contributed by atoms with Gasteiger partial charge in [-0.1, -0.05) is 30.2 Å². The van der Waals surface area contributed by atoms with Crippen molar-refractivity contribution in [3.8, 4) is 11.8 Å². The van der Waals surface area contributed by atoms with E-state index >= 15 is 0 Å². The van der Waals surface area contributed by atoms with Crippen molar-refractivity contribution < 1.29 is 18.7 Å². The number of carbonyl (C=O) groups is 2. The highest BCUT2D eigenvalue weighted by molar-refractivity contribution is 6.10. The van der Waals surface area contributed by atoms with Crippen molar-refractivity contribution in [1.29, 1.82) is 0 Å². The molecule has 0 N–H and O–H groups in total. The van der Waals surface area contributed by atoms with Gasteiger partial charge in [-0.15, -0.1) is 0 Å². The lowest BCUT2D eigenvalue weighted by molar-refractivity contribution is -0.127. The van der Waals surface area contributed by atoms with Crippen LogP contribution in [0.3, 0.4) is 0 Å². The van der Waals surface area contributed by atoms with E-state index in [1.165, 1.54) is 6.39 Å². The summed E-state index contributed by atoms with van der Waals surface area (Å²) in [4.78, 5) is 27.5. The normalized spacial score (nSPS) is 11.2. The van der Waals surface area contributed by atoms with Crippen molar-refractivity contribution in [2.45, 2.75) is 19.8 Å². The van der Waals surface area contributed by atoms with Gasteiger partial charge in [-0.25, -0.2) is 9.78 Å². The van der Waals surface area contributed by atoms with Crippen LogP contribution in [0.15, 0.2) is 35.1 Å². The van der Waals surface area contributed by atoms with Gasteiger partial charge in [-0.05, 0) is 19.4 Å². The second-order valence-corrected chi connectivity index (χ2v) is 4.58. The highest BCUT2D eigenvalue weighted by Crippen LogP contribution is 2.23. The SMILES string of the molecule is [B]OC(=O)C#CC(C)c1ccccc1C(=O)c1ocnc1C. The molecular formula is C16H12BNO4. The van der Waals surface area contributed by atoms with Crippen LogP contribution in [-0.4, -0.2) is 24.8 Å². The van der Waals surface area contributed by atoms with E-state index in [2.05, 4.69) is 21.5 Å². The van der Waals surface area contributed by atoms with Crippen LogP contribution in [0, 0.1) is 18.8 Å². The molecule has 0 aliphatic heterocycles. The average molecular weight is 293 g/mol. The topological polar surface area (TPSA) is 69.4 Å². The molecule has 2 radical (unpaired) electrons. The minimum atomic E-state index is -0.832. The molecule has 2 aromatic rings. The first-order valence-electron chi connectivity index (χ1n) is 6.50. The Hall–Kier alpha value is -2.81. The molecule has 6 heteroatoms. The standard InChI is InChI=1S/C16H12BNO4/c1-10(7-8-14(19)22-17)12-5-3-4-6-13(12)15(20)16-11(2)18-9-21-16/h3-6,9-10H,1-2H3. The van der Waals surface area contributed by atoms with E-state index in [1.54, 1.807) is 38.1 Å². The second kappa shape index (κ2) is 6.77. The van der Waals surface area contributed by atoms with Gasteiger partial charge >= 0.3 is 14.0 Å². The summed E-state index contributed by atoms with van der Waals surface area (Å²) < 4.78 is 9.13. The number of aromatic nitrogens is 1. The first kappa shape index (κ1) is 15.6. The van der Waals surface area contributed by atoms with Gasteiger partial charge in [-0.3, -0.25) is 4.79 Å². The van der Waals surface area contributed by atoms with E-state index < -0.39 is 5.97 Å². The summed E-state index contributed by atoms with van der Waals surface area (Å²) >= 11 is 0. The molecular weight excluding hydrogens is 281 g/mol. The maximum absolute atomic E-state index is 12.6. The Kier molecular flexibility index (Phi) is 4.79. The van der Waals surface area contributed by atoms with Crippen molar-refractivity contribution >= 4 is 19.8 Å². The summed E-state index contributed by atoms with van der Waals surface area (Å²) in [6.07, 6.45) is 1.23. The molecule has 2 rings (SSSR count). The fourth-order valence-corrected chi connectivity index (χ4v) is 2.00. The number of hydrogen-bond acceptors (Lipinski definition) is 5. The molecule has 0 amide bonds. The molecule has 0 bridgehead atoms. The molecule has 0 saturated carbocycles. The summed E-state index contributed by atoms with van der Waals surface area (Å²) in [5.41, 5.74) is 1.65. The zero-order valence-corrected chi connectivity index (χ0v) is 12.1. The molecule has 1 aromatic carbocycles. The number of benzene rings is 1. The number of hydrogen-bond donors (Lipinski definition) is 0. The van der Waals surface area contributed by atoms with Crippen molar-refractivity contribution in [3.63, 3.8) is 0 Å². The highest BCUT2D eigenvalue weighted by Gasteiger charge is 2.20. The number of ketones is 1. The van der Waals surface area contributed by atoms with Crippen LogP contribution in [0.25, 0.3) is 0 Å². The quantitative estimate of drug-likeness (QED) is 0.491. The molecule has 0 spiro atoms. The zero-order chi connectivity index (χ0) is 16.1. The van der Waals surface area contributed by atoms with Crippen LogP contribution in [0.4, 0.5) is 0 Å². The number of oxazole rings is 1. The Balaban J connectivity index is 2.38. The van der Waals surface area contributed by atoms with Gasteiger partial charge in [0.2, 0.25) is 5.78 Å². The molecule has 1 atom stereocenters. The monoisotopic (exact) mass is 293 g/mol. The van der Waals surface area contributed by atoms with Crippen LogP contribution in [-0.2, 0) is 9.45 Å². The third kappa shape index (κ3) is 3.26. The minimum Gasteiger partial charge on any atom is -0.534 e. The highest BCUT2D eigenvalue weighted by atomic mass is 16.5. The van der Waals surface area contributed by atoms with Gasteiger partial charge < -0.3 is 9.07 Å². The maximum Gasteiger partial charge on any atom is 0.379 e. The maximum atomic E-state index is 12.6. The molecule has 5 nitrogen and oxygen atoms in total. The lowest BCUT2D eigenvalue weighted by Crippen LogP contribution is -2.08. The summed E-state index contributed by atoms with van der Waals surface area (Å²) in [6, 6.07) is 6.99. The fourth-order valence-electron chi connectivity index (χ4n) is 2.00. The van der Waals surface area contributed by atoms with Gasteiger partial charge in [-0.2, -0.15) is 0 Å².